The minimum atomic E-state index is -3.30. The highest BCUT2D eigenvalue weighted by Gasteiger charge is 2.77. The van der Waals surface area contributed by atoms with Crippen molar-refractivity contribution in [3.63, 3.8) is 0 Å². The van der Waals surface area contributed by atoms with Gasteiger partial charge in [-0.1, -0.05) is 20.8 Å². The molecule has 0 radical (unpaired) electrons. The van der Waals surface area contributed by atoms with Crippen LogP contribution in [-0.2, 0) is 14.8 Å². The van der Waals surface area contributed by atoms with Gasteiger partial charge in [-0.2, -0.15) is 0 Å². The van der Waals surface area contributed by atoms with Gasteiger partial charge in [0.05, 0.1) is 11.3 Å². The van der Waals surface area contributed by atoms with Crippen LogP contribution in [0.25, 0.3) is 0 Å². The number of hydrogen-bond donors (Lipinski definition) is 1. The summed E-state index contributed by atoms with van der Waals surface area (Å²) in [5, 5.41) is 0. The zero-order valence-corrected chi connectivity index (χ0v) is 12.1. The second-order valence-corrected chi connectivity index (χ2v) is 8.51. The lowest BCUT2D eigenvalue weighted by Gasteiger charge is -2.43. The zero-order valence-electron chi connectivity index (χ0n) is 11.2. The predicted octanol–water partition coefficient (Wildman–Crippen LogP) is 1.46. The summed E-state index contributed by atoms with van der Waals surface area (Å²) < 4.78 is 26.9. The molecule has 1 heterocycles. The van der Waals surface area contributed by atoms with Gasteiger partial charge in [0.15, 0.2) is 5.78 Å². The van der Waals surface area contributed by atoms with Gasteiger partial charge in [0.25, 0.3) is 0 Å². The first kappa shape index (κ1) is 12.6. The number of nitrogens with one attached hydrogen (secondary N) is 1. The molecule has 18 heavy (non-hydrogen) atoms. The minimum Gasteiger partial charge on any atom is -0.298 e. The topological polar surface area (TPSA) is 63.2 Å². The monoisotopic (exact) mass is 271 g/mol. The highest BCUT2D eigenvalue weighted by atomic mass is 32.2. The van der Waals surface area contributed by atoms with E-state index in [-0.39, 0.29) is 22.4 Å². The summed E-state index contributed by atoms with van der Waals surface area (Å²) in [4.78, 5) is 12.5. The van der Waals surface area contributed by atoms with Crippen LogP contribution in [0.4, 0.5) is 0 Å². The molecule has 2 aliphatic carbocycles. The molecule has 2 saturated carbocycles. The largest absolute Gasteiger partial charge is 0.298 e. The summed E-state index contributed by atoms with van der Waals surface area (Å²) in [7, 11) is -3.30. The number of carbonyl (C=O) groups excluding carboxylic acids is 1. The first-order valence-corrected chi connectivity index (χ1v) is 8.41. The molecule has 4 nitrogen and oxygen atoms in total. The van der Waals surface area contributed by atoms with Gasteiger partial charge in [-0.15, -0.1) is 0 Å². The summed E-state index contributed by atoms with van der Waals surface area (Å²) in [6.07, 6.45) is 3.03. The zero-order chi connectivity index (χ0) is 13.4. The number of carbonyl (C=O) groups is 1. The molecule has 1 saturated heterocycles. The van der Waals surface area contributed by atoms with E-state index in [1.54, 1.807) is 0 Å². The van der Waals surface area contributed by atoms with Gasteiger partial charge in [-0.25, -0.2) is 13.1 Å². The number of rotatable bonds is 2. The molecule has 5 heteroatoms. The quantitative estimate of drug-likeness (QED) is 0.827. The Bertz CT molecular complexity index is 524. The summed E-state index contributed by atoms with van der Waals surface area (Å²) in [5.74, 6) is 0.685. The number of Topliss-reactive ketones (excluding diaryl/α,β-unsaturated/α-hetero) is 1. The average molecular weight is 271 g/mol. The normalized spacial score (nSPS) is 47.2. The van der Waals surface area contributed by atoms with Gasteiger partial charge in [0.2, 0.25) is 10.0 Å². The van der Waals surface area contributed by atoms with Gasteiger partial charge < -0.3 is 0 Å². The molecule has 102 valence electrons. The molecule has 1 aliphatic heterocycles. The molecule has 3 rings (SSSR count). The van der Waals surface area contributed by atoms with Crippen LogP contribution in [0.3, 0.4) is 0 Å². The van der Waals surface area contributed by atoms with Gasteiger partial charge in [-0.3, -0.25) is 4.79 Å². The summed E-state index contributed by atoms with van der Waals surface area (Å²) in [6.45, 7) is 6.13. The van der Waals surface area contributed by atoms with Crippen LogP contribution in [0.5, 0.6) is 0 Å². The molecule has 2 bridgehead atoms. The molecular weight excluding hydrogens is 250 g/mol. The maximum absolute atomic E-state index is 12.5. The lowest BCUT2D eigenvalue weighted by atomic mass is 9.61. The number of ketones is 1. The van der Waals surface area contributed by atoms with Gasteiger partial charge in [0, 0.05) is 11.8 Å². The second kappa shape index (κ2) is 3.18. The van der Waals surface area contributed by atoms with Crippen molar-refractivity contribution in [1.82, 2.24) is 4.72 Å². The summed E-state index contributed by atoms with van der Waals surface area (Å²) in [5.41, 5.74) is -1.24. The molecule has 3 fully saturated rings. The average Bonchev–Trinajstić information content (AvgIpc) is 2.73. The third kappa shape index (κ3) is 1.11. The van der Waals surface area contributed by atoms with E-state index in [1.807, 2.05) is 6.92 Å². The number of fused-ring (bicyclic) bond motifs is 1. The van der Waals surface area contributed by atoms with Crippen molar-refractivity contribution in [3.05, 3.63) is 0 Å². The van der Waals surface area contributed by atoms with E-state index in [2.05, 4.69) is 18.6 Å². The summed E-state index contributed by atoms with van der Waals surface area (Å²) in [6, 6.07) is 0. The van der Waals surface area contributed by atoms with E-state index in [0.717, 1.165) is 12.8 Å². The van der Waals surface area contributed by atoms with Crippen molar-refractivity contribution >= 4 is 15.8 Å². The van der Waals surface area contributed by atoms with Gasteiger partial charge >= 0.3 is 0 Å². The second-order valence-electron chi connectivity index (χ2n) is 6.79. The highest BCUT2D eigenvalue weighted by Crippen LogP contribution is 2.72. The van der Waals surface area contributed by atoms with Crippen molar-refractivity contribution in [2.75, 3.05) is 5.75 Å². The van der Waals surface area contributed by atoms with Crippen LogP contribution in [0, 0.1) is 16.7 Å². The highest BCUT2D eigenvalue weighted by molar-refractivity contribution is 7.89. The molecule has 3 atom stereocenters. The molecule has 0 amide bonds. The van der Waals surface area contributed by atoms with Crippen LogP contribution >= 0.6 is 0 Å². The minimum absolute atomic E-state index is 0.0611. The van der Waals surface area contributed by atoms with Crippen LogP contribution in [-0.4, -0.2) is 25.5 Å². The molecule has 1 N–H and O–H groups in total. The Hall–Kier alpha value is -0.420. The Balaban J connectivity index is 2.22. The van der Waals surface area contributed by atoms with Crippen molar-refractivity contribution in [3.8, 4) is 0 Å². The molecular formula is C13H21NO3S. The van der Waals surface area contributed by atoms with E-state index in [9.17, 15) is 13.2 Å². The lowest BCUT2D eigenvalue weighted by molar-refractivity contribution is -0.129. The molecule has 3 unspecified atom stereocenters. The van der Waals surface area contributed by atoms with Crippen LogP contribution in [0.1, 0.15) is 46.5 Å². The number of sulfonamides is 1. The predicted molar refractivity (Wildman–Crippen MR) is 68.5 cm³/mol. The fraction of sp³-hybridized carbons (Fsp3) is 0.923. The van der Waals surface area contributed by atoms with Gasteiger partial charge in [-0.05, 0) is 30.6 Å². The SMILES string of the molecule is CCC(=O)C12CC3CCC1(CS(=O)(=O)N2)C3(C)C. The van der Waals surface area contributed by atoms with E-state index in [0.29, 0.717) is 18.8 Å². The Morgan fingerprint density at radius 2 is 2.06 bits per heavy atom. The van der Waals surface area contributed by atoms with E-state index in [4.69, 9.17) is 0 Å². The van der Waals surface area contributed by atoms with Crippen molar-refractivity contribution in [2.45, 2.75) is 52.0 Å². The number of hydrogen-bond acceptors (Lipinski definition) is 3. The molecule has 3 aliphatic rings. The molecule has 0 aromatic rings. The maximum atomic E-state index is 12.5. The Kier molecular flexibility index (Phi) is 2.23. The van der Waals surface area contributed by atoms with Crippen molar-refractivity contribution < 1.29 is 13.2 Å². The molecule has 1 spiro atoms. The van der Waals surface area contributed by atoms with Crippen molar-refractivity contribution in [2.24, 2.45) is 16.7 Å². The van der Waals surface area contributed by atoms with E-state index >= 15 is 0 Å². The summed E-state index contributed by atoms with van der Waals surface area (Å²) >= 11 is 0. The van der Waals surface area contributed by atoms with E-state index in [1.165, 1.54) is 0 Å². The van der Waals surface area contributed by atoms with E-state index < -0.39 is 15.6 Å². The maximum Gasteiger partial charge on any atom is 0.213 e. The smallest absolute Gasteiger partial charge is 0.213 e. The fourth-order valence-corrected chi connectivity index (χ4v) is 7.47. The first-order valence-electron chi connectivity index (χ1n) is 6.76. The Labute approximate surface area is 109 Å². The first-order chi connectivity index (χ1) is 8.21. The standard InChI is InChI=1S/C13H21NO3S/c1-4-10(15)13-7-9-5-6-12(13,11(9,2)3)8-18(16,17)14-13/h9,14H,4-8H2,1-3H3. The molecule has 0 aromatic heterocycles. The third-order valence-corrected chi connectivity index (χ3v) is 7.64. The fourth-order valence-electron chi connectivity index (χ4n) is 5.07. The van der Waals surface area contributed by atoms with Crippen LogP contribution < -0.4 is 4.72 Å². The molecule has 0 aromatic carbocycles. The Morgan fingerprint density at radius 3 is 2.61 bits per heavy atom. The lowest BCUT2D eigenvalue weighted by Crippen LogP contribution is -2.58. The van der Waals surface area contributed by atoms with Crippen molar-refractivity contribution in [1.29, 1.82) is 0 Å². The Morgan fingerprint density at radius 1 is 1.39 bits per heavy atom. The van der Waals surface area contributed by atoms with Crippen LogP contribution in [0.15, 0.2) is 0 Å². The third-order valence-electron chi connectivity index (χ3n) is 6.11. The van der Waals surface area contributed by atoms with Crippen LogP contribution in [0.2, 0.25) is 0 Å². The van der Waals surface area contributed by atoms with Gasteiger partial charge in [0.1, 0.15) is 0 Å².